The quantitative estimate of drug-likeness (QED) is 0.863. The van der Waals surface area contributed by atoms with Crippen molar-refractivity contribution in [1.82, 2.24) is 4.90 Å². The van der Waals surface area contributed by atoms with Gasteiger partial charge in [-0.2, -0.15) is 11.8 Å². The summed E-state index contributed by atoms with van der Waals surface area (Å²) < 4.78 is 5.29. The maximum atomic E-state index is 5.75. The van der Waals surface area contributed by atoms with Crippen molar-refractivity contribution in [2.75, 3.05) is 31.7 Å². The average Bonchev–Trinajstić information content (AvgIpc) is 2.67. The van der Waals surface area contributed by atoms with Crippen LogP contribution >= 0.6 is 24.0 Å². The van der Waals surface area contributed by atoms with Gasteiger partial charge in [0.1, 0.15) is 10.7 Å². The molecule has 1 aliphatic heterocycles. The minimum Gasteiger partial charge on any atom is -0.496 e. The number of rotatable bonds is 4. The lowest BCUT2D eigenvalue weighted by Crippen LogP contribution is -2.25. The van der Waals surface area contributed by atoms with Crippen molar-refractivity contribution in [3.63, 3.8) is 0 Å². The van der Waals surface area contributed by atoms with Crippen LogP contribution < -0.4 is 10.5 Å². The summed E-state index contributed by atoms with van der Waals surface area (Å²) in [6.07, 6.45) is 1.27. The van der Waals surface area contributed by atoms with Gasteiger partial charge < -0.3 is 10.5 Å². The predicted octanol–water partition coefficient (Wildman–Crippen LogP) is 2.27. The second kappa shape index (κ2) is 7.12. The van der Waals surface area contributed by atoms with Gasteiger partial charge >= 0.3 is 0 Å². The fourth-order valence-corrected chi connectivity index (χ4v) is 3.34. The molecule has 1 aliphatic rings. The Morgan fingerprint density at radius 3 is 3.00 bits per heavy atom. The van der Waals surface area contributed by atoms with E-state index in [1.54, 1.807) is 7.11 Å². The van der Waals surface area contributed by atoms with Crippen LogP contribution in [-0.4, -0.2) is 41.6 Å². The van der Waals surface area contributed by atoms with Crippen LogP contribution in [0.3, 0.4) is 0 Å². The molecule has 1 saturated heterocycles. The zero-order valence-electron chi connectivity index (χ0n) is 11.2. The number of nitrogens with zero attached hydrogens (tertiary/aromatic N) is 1. The zero-order chi connectivity index (χ0) is 13.7. The molecule has 0 radical (unpaired) electrons. The number of thioether (sulfide) groups is 1. The van der Waals surface area contributed by atoms with Crippen LogP contribution in [0.1, 0.15) is 17.5 Å². The molecule has 2 rings (SSSR count). The van der Waals surface area contributed by atoms with Gasteiger partial charge in [0, 0.05) is 18.8 Å². The van der Waals surface area contributed by atoms with E-state index in [1.165, 1.54) is 30.0 Å². The molecule has 19 heavy (non-hydrogen) atoms. The average molecular weight is 296 g/mol. The molecule has 0 amide bonds. The van der Waals surface area contributed by atoms with Gasteiger partial charge in [-0.15, -0.1) is 0 Å². The summed E-state index contributed by atoms with van der Waals surface area (Å²) in [6, 6.07) is 6.11. The second-order valence-corrected chi connectivity index (χ2v) is 6.31. The van der Waals surface area contributed by atoms with Gasteiger partial charge in [0.25, 0.3) is 0 Å². The lowest BCUT2D eigenvalue weighted by molar-refractivity contribution is 0.287. The minimum atomic E-state index is 0.394. The van der Waals surface area contributed by atoms with E-state index in [-0.39, 0.29) is 0 Å². The number of hydrogen-bond acceptors (Lipinski definition) is 4. The molecule has 3 nitrogen and oxygen atoms in total. The smallest absolute Gasteiger partial charge is 0.129 e. The van der Waals surface area contributed by atoms with Crippen LogP contribution in [0.4, 0.5) is 0 Å². The van der Waals surface area contributed by atoms with Crippen molar-refractivity contribution in [3.8, 4) is 5.75 Å². The Balaban J connectivity index is 2.11. The van der Waals surface area contributed by atoms with Crippen molar-refractivity contribution < 1.29 is 4.74 Å². The number of ether oxygens (including phenoxy) is 1. The molecule has 104 valence electrons. The largest absolute Gasteiger partial charge is 0.496 e. The third-order valence-electron chi connectivity index (χ3n) is 3.25. The molecule has 0 saturated carbocycles. The Kier molecular flexibility index (Phi) is 5.48. The molecule has 1 aromatic carbocycles. The monoisotopic (exact) mass is 296 g/mol. The molecule has 1 fully saturated rings. The highest BCUT2D eigenvalue weighted by atomic mass is 32.2. The van der Waals surface area contributed by atoms with Crippen LogP contribution in [0.5, 0.6) is 5.75 Å². The Hall–Kier alpha value is -0.780. The summed E-state index contributed by atoms with van der Waals surface area (Å²) in [5, 5.41) is 0. The first-order valence-corrected chi connectivity index (χ1v) is 8.04. The lowest BCUT2D eigenvalue weighted by atomic mass is 10.1. The second-order valence-electron chi connectivity index (χ2n) is 4.64. The SMILES string of the molecule is COc1ccc(CN2CCCSCC2)cc1C(N)=S. The van der Waals surface area contributed by atoms with E-state index in [2.05, 4.69) is 17.0 Å². The fraction of sp³-hybridized carbons (Fsp3) is 0.500. The molecule has 5 heteroatoms. The number of hydrogen-bond donors (Lipinski definition) is 1. The van der Waals surface area contributed by atoms with Crippen LogP contribution in [0, 0.1) is 0 Å². The van der Waals surface area contributed by atoms with Gasteiger partial charge in [-0.25, -0.2) is 0 Å². The van der Waals surface area contributed by atoms with Crippen molar-refractivity contribution in [2.24, 2.45) is 5.73 Å². The summed E-state index contributed by atoms with van der Waals surface area (Å²) in [5.41, 5.74) is 7.83. The summed E-state index contributed by atoms with van der Waals surface area (Å²) in [4.78, 5) is 2.88. The van der Waals surface area contributed by atoms with Crippen molar-refractivity contribution in [1.29, 1.82) is 0 Å². The van der Waals surface area contributed by atoms with E-state index >= 15 is 0 Å². The Bertz CT molecular complexity index is 443. The van der Waals surface area contributed by atoms with Crippen LogP contribution in [0.25, 0.3) is 0 Å². The summed E-state index contributed by atoms with van der Waals surface area (Å²) in [5.74, 6) is 3.25. The van der Waals surface area contributed by atoms with Crippen molar-refractivity contribution in [3.05, 3.63) is 29.3 Å². The van der Waals surface area contributed by atoms with Gasteiger partial charge in [-0.1, -0.05) is 18.3 Å². The molecule has 1 heterocycles. The maximum absolute atomic E-state index is 5.75. The van der Waals surface area contributed by atoms with Crippen LogP contribution in [-0.2, 0) is 6.54 Å². The molecule has 0 bridgehead atoms. The van der Waals surface area contributed by atoms with Crippen LogP contribution in [0.15, 0.2) is 18.2 Å². The highest BCUT2D eigenvalue weighted by molar-refractivity contribution is 7.99. The third kappa shape index (κ3) is 4.09. The first-order chi connectivity index (χ1) is 9.20. The van der Waals surface area contributed by atoms with E-state index in [0.717, 1.165) is 24.4 Å². The third-order valence-corrected chi connectivity index (χ3v) is 4.52. The molecule has 2 N–H and O–H groups in total. The van der Waals surface area contributed by atoms with Crippen molar-refractivity contribution >= 4 is 29.0 Å². The predicted molar refractivity (Wildman–Crippen MR) is 86.1 cm³/mol. The van der Waals surface area contributed by atoms with E-state index in [9.17, 15) is 0 Å². The summed E-state index contributed by atoms with van der Waals surface area (Å²) >= 11 is 7.12. The standard InChI is InChI=1S/C14H20N2OS2/c1-17-13-4-3-11(9-12(13)14(15)18)10-16-5-2-7-19-8-6-16/h3-4,9H,2,5-8,10H2,1H3,(H2,15,18). The normalized spacial score (nSPS) is 16.9. The van der Waals surface area contributed by atoms with Gasteiger partial charge in [0.05, 0.1) is 12.7 Å². The zero-order valence-corrected chi connectivity index (χ0v) is 12.9. The van der Waals surface area contributed by atoms with Gasteiger partial charge in [-0.3, -0.25) is 4.90 Å². The topological polar surface area (TPSA) is 38.5 Å². The molecule has 0 atom stereocenters. The van der Waals surface area contributed by atoms with E-state index < -0.39 is 0 Å². The summed E-state index contributed by atoms with van der Waals surface area (Å²) in [6.45, 7) is 3.28. The molecular weight excluding hydrogens is 276 g/mol. The van der Waals surface area contributed by atoms with Gasteiger partial charge in [0.15, 0.2) is 0 Å². The first kappa shape index (κ1) is 14.6. The van der Waals surface area contributed by atoms with E-state index in [1.807, 2.05) is 17.8 Å². The molecular formula is C14H20N2OS2. The Morgan fingerprint density at radius 2 is 2.26 bits per heavy atom. The highest BCUT2D eigenvalue weighted by Gasteiger charge is 2.12. The van der Waals surface area contributed by atoms with Crippen molar-refractivity contribution in [2.45, 2.75) is 13.0 Å². The van der Waals surface area contributed by atoms with Gasteiger partial charge in [0.2, 0.25) is 0 Å². The molecule has 0 aliphatic carbocycles. The lowest BCUT2D eigenvalue weighted by Gasteiger charge is -2.20. The maximum Gasteiger partial charge on any atom is 0.129 e. The minimum absolute atomic E-state index is 0.394. The van der Waals surface area contributed by atoms with E-state index in [0.29, 0.717) is 4.99 Å². The Morgan fingerprint density at radius 1 is 1.42 bits per heavy atom. The number of nitrogens with two attached hydrogens (primary N) is 1. The summed E-state index contributed by atoms with van der Waals surface area (Å²) in [7, 11) is 1.64. The van der Waals surface area contributed by atoms with Gasteiger partial charge in [-0.05, 0) is 36.4 Å². The molecule has 0 aromatic heterocycles. The highest BCUT2D eigenvalue weighted by Crippen LogP contribution is 2.21. The van der Waals surface area contributed by atoms with Crippen LogP contribution in [0.2, 0.25) is 0 Å². The molecule has 0 spiro atoms. The Labute approximate surface area is 124 Å². The molecule has 1 aromatic rings. The first-order valence-electron chi connectivity index (χ1n) is 6.47. The molecule has 0 unspecified atom stereocenters. The number of benzene rings is 1. The fourth-order valence-electron chi connectivity index (χ4n) is 2.26. The number of thiocarbonyl (C=S) groups is 1. The van der Waals surface area contributed by atoms with E-state index in [4.69, 9.17) is 22.7 Å². The number of methoxy groups -OCH3 is 1.